The molecule has 3 rings (SSSR count). The second-order valence-corrected chi connectivity index (χ2v) is 6.70. The summed E-state index contributed by atoms with van der Waals surface area (Å²) >= 11 is 0. The Kier molecular flexibility index (Phi) is 3.73. The van der Waals surface area contributed by atoms with Gasteiger partial charge in [0.15, 0.2) is 5.82 Å². The van der Waals surface area contributed by atoms with Gasteiger partial charge in [-0.05, 0) is 25.2 Å². The topological polar surface area (TPSA) is 85.2 Å². The average Bonchev–Trinajstić information content (AvgIpc) is 3.13. The molecule has 0 aromatic carbocycles. The lowest BCUT2D eigenvalue weighted by atomic mass is 9.98. The van der Waals surface area contributed by atoms with Crippen LogP contribution in [0.1, 0.15) is 70.1 Å². The van der Waals surface area contributed by atoms with E-state index in [4.69, 9.17) is 10.3 Å². The van der Waals surface area contributed by atoms with Gasteiger partial charge in [-0.3, -0.25) is 4.79 Å². The average molecular weight is 292 g/mol. The molecular formula is C15H24N4O2. The van der Waals surface area contributed by atoms with Gasteiger partial charge in [0.1, 0.15) is 6.04 Å². The zero-order valence-corrected chi connectivity index (χ0v) is 12.8. The molecule has 1 aromatic rings. The molecule has 2 N–H and O–H groups in total. The Hall–Kier alpha value is -1.43. The molecule has 1 amide bonds. The van der Waals surface area contributed by atoms with Crippen LogP contribution in [0.2, 0.25) is 0 Å². The van der Waals surface area contributed by atoms with Crippen molar-refractivity contribution < 1.29 is 9.32 Å². The van der Waals surface area contributed by atoms with Crippen LogP contribution in [0.25, 0.3) is 0 Å². The molecule has 6 heteroatoms. The summed E-state index contributed by atoms with van der Waals surface area (Å²) < 4.78 is 5.49. The summed E-state index contributed by atoms with van der Waals surface area (Å²) in [4.78, 5) is 18.5. The largest absolute Gasteiger partial charge is 0.337 e. The molecular weight excluding hydrogens is 268 g/mol. The SMILES string of the molecule is CC(C)C(c1nc(C2(N)CCCC2)no1)N1CCCC1=O. The van der Waals surface area contributed by atoms with Crippen molar-refractivity contribution in [3.8, 4) is 0 Å². The number of likely N-dealkylation sites (tertiary alicyclic amines) is 1. The zero-order chi connectivity index (χ0) is 15.0. The van der Waals surface area contributed by atoms with E-state index in [2.05, 4.69) is 24.0 Å². The van der Waals surface area contributed by atoms with E-state index in [1.807, 2.05) is 4.90 Å². The van der Waals surface area contributed by atoms with Crippen LogP contribution in [0.15, 0.2) is 4.52 Å². The molecule has 6 nitrogen and oxygen atoms in total. The van der Waals surface area contributed by atoms with Crippen LogP contribution < -0.4 is 5.73 Å². The second-order valence-electron chi connectivity index (χ2n) is 6.70. The molecule has 1 atom stereocenters. The van der Waals surface area contributed by atoms with Crippen LogP contribution in [0.4, 0.5) is 0 Å². The Morgan fingerprint density at radius 1 is 1.29 bits per heavy atom. The number of nitrogens with two attached hydrogens (primary N) is 1. The van der Waals surface area contributed by atoms with Gasteiger partial charge >= 0.3 is 0 Å². The molecule has 21 heavy (non-hydrogen) atoms. The molecule has 0 radical (unpaired) electrons. The second kappa shape index (κ2) is 5.40. The third-order valence-electron chi connectivity index (χ3n) is 4.71. The van der Waals surface area contributed by atoms with Gasteiger partial charge in [0.2, 0.25) is 11.8 Å². The van der Waals surface area contributed by atoms with E-state index in [0.717, 1.165) is 38.6 Å². The third-order valence-corrected chi connectivity index (χ3v) is 4.71. The lowest BCUT2D eigenvalue weighted by Crippen LogP contribution is -2.35. The highest BCUT2D eigenvalue weighted by molar-refractivity contribution is 5.78. The number of aromatic nitrogens is 2. The van der Waals surface area contributed by atoms with Gasteiger partial charge in [0.25, 0.3) is 0 Å². The molecule has 0 spiro atoms. The number of hydrogen-bond donors (Lipinski definition) is 1. The molecule has 1 aromatic heterocycles. The molecule has 1 unspecified atom stereocenters. The van der Waals surface area contributed by atoms with Gasteiger partial charge in [-0.15, -0.1) is 0 Å². The lowest BCUT2D eigenvalue weighted by molar-refractivity contribution is -0.131. The van der Waals surface area contributed by atoms with Crippen molar-refractivity contribution in [2.45, 2.75) is 64.0 Å². The molecule has 2 heterocycles. The van der Waals surface area contributed by atoms with E-state index in [1.54, 1.807) is 0 Å². The zero-order valence-electron chi connectivity index (χ0n) is 12.8. The Balaban J connectivity index is 1.87. The first-order valence-corrected chi connectivity index (χ1v) is 7.94. The van der Waals surface area contributed by atoms with E-state index >= 15 is 0 Å². The third kappa shape index (κ3) is 2.57. The van der Waals surface area contributed by atoms with Gasteiger partial charge in [-0.25, -0.2) is 0 Å². The van der Waals surface area contributed by atoms with Gasteiger partial charge in [-0.1, -0.05) is 31.8 Å². The lowest BCUT2D eigenvalue weighted by Gasteiger charge is -2.27. The summed E-state index contributed by atoms with van der Waals surface area (Å²) in [7, 11) is 0. The van der Waals surface area contributed by atoms with Crippen molar-refractivity contribution in [2.75, 3.05) is 6.54 Å². The summed E-state index contributed by atoms with van der Waals surface area (Å²) in [5.41, 5.74) is 5.94. The fourth-order valence-electron chi connectivity index (χ4n) is 3.53. The molecule has 1 aliphatic carbocycles. The molecule has 2 fully saturated rings. The Labute approximate surface area is 125 Å². The highest BCUT2D eigenvalue weighted by atomic mass is 16.5. The van der Waals surface area contributed by atoms with E-state index < -0.39 is 5.54 Å². The molecule has 0 bridgehead atoms. The number of nitrogens with zero attached hydrogens (tertiary/aromatic N) is 3. The first-order valence-electron chi connectivity index (χ1n) is 7.94. The number of rotatable bonds is 4. The fourth-order valence-corrected chi connectivity index (χ4v) is 3.53. The molecule has 116 valence electrons. The van der Waals surface area contributed by atoms with E-state index in [0.29, 0.717) is 18.1 Å². The van der Waals surface area contributed by atoms with Crippen LogP contribution in [0.5, 0.6) is 0 Å². The van der Waals surface area contributed by atoms with Crippen molar-refractivity contribution in [1.29, 1.82) is 0 Å². The first-order chi connectivity index (χ1) is 10.0. The van der Waals surface area contributed by atoms with Crippen molar-refractivity contribution in [2.24, 2.45) is 11.7 Å². The van der Waals surface area contributed by atoms with Crippen molar-refractivity contribution in [1.82, 2.24) is 15.0 Å². The summed E-state index contributed by atoms with van der Waals surface area (Å²) in [5, 5.41) is 4.12. The molecule has 2 aliphatic rings. The van der Waals surface area contributed by atoms with Gasteiger partial charge in [0, 0.05) is 13.0 Å². The van der Waals surface area contributed by atoms with Crippen molar-refractivity contribution in [3.63, 3.8) is 0 Å². The van der Waals surface area contributed by atoms with Crippen LogP contribution in [-0.2, 0) is 10.3 Å². The fraction of sp³-hybridized carbons (Fsp3) is 0.800. The first kappa shape index (κ1) is 14.5. The predicted molar refractivity (Wildman–Crippen MR) is 77.2 cm³/mol. The number of carbonyl (C=O) groups excluding carboxylic acids is 1. The number of carbonyl (C=O) groups is 1. The quantitative estimate of drug-likeness (QED) is 0.918. The van der Waals surface area contributed by atoms with Crippen molar-refractivity contribution in [3.05, 3.63) is 11.7 Å². The summed E-state index contributed by atoms with van der Waals surface area (Å²) in [6, 6.07) is -0.133. The minimum Gasteiger partial charge on any atom is -0.337 e. The highest BCUT2D eigenvalue weighted by Gasteiger charge is 2.39. The van der Waals surface area contributed by atoms with Gasteiger partial charge in [0.05, 0.1) is 5.54 Å². The maximum absolute atomic E-state index is 12.0. The maximum atomic E-state index is 12.0. The minimum absolute atomic E-state index is 0.133. The smallest absolute Gasteiger partial charge is 0.249 e. The van der Waals surface area contributed by atoms with E-state index in [1.165, 1.54) is 0 Å². The number of hydrogen-bond acceptors (Lipinski definition) is 5. The van der Waals surface area contributed by atoms with E-state index in [9.17, 15) is 4.79 Å². The van der Waals surface area contributed by atoms with Crippen LogP contribution in [0.3, 0.4) is 0 Å². The minimum atomic E-state index is -0.446. The Morgan fingerprint density at radius 2 is 2.00 bits per heavy atom. The molecule has 1 saturated carbocycles. The number of amides is 1. The summed E-state index contributed by atoms with van der Waals surface area (Å²) in [6.07, 6.45) is 5.55. The van der Waals surface area contributed by atoms with Crippen LogP contribution >= 0.6 is 0 Å². The summed E-state index contributed by atoms with van der Waals surface area (Å²) in [5.74, 6) is 1.55. The van der Waals surface area contributed by atoms with Crippen LogP contribution in [0, 0.1) is 5.92 Å². The molecule has 1 saturated heterocycles. The monoisotopic (exact) mass is 292 g/mol. The van der Waals surface area contributed by atoms with Crippen molar-refractivity contribution >= 4 is 5.91 Å². The van der Waals surface area contributed by atoms with Gasteiger partial charge < -0.3 is 15.2 Å². The van der Waals surface area contributed by atoms with Gasteiger partial charge in [-0.2, -0.15) is 4.98 Å². The normalized spacial score (nSPS) is 23.2. The van der Waals surface area contributed by atoms with Crippen LogP contribution in [-0.4, -0.2) is 27.5 Å². The highest BCUT2D eigenvalue weighted by Crippen LogP contribution is 2.37. The standard InChI is InChI=1S/C15H24N4O2/c1-10(2)12(19-9-5-6-11(19)20)13-17-14(18-21-13)15(16)7-3-4-8-15/h10,12H,3-9,16H2,1-2H3. The Morgan fingerprint density at radius 3 is 2.57 bits per heavy atom. The summed E-state index contributed by atoms with van der Waals surface area (Å²) in [6.45, 7) is 4.93. The van der Waals surface area contributed by atoms with E-state index in [-0.39, 0.29) is 17.9 Å². The molecule has 1 aliphatic heterocycles. The Bertz CT molecular complexity index is 519. The maximum Gasteiger partial charge on any atom is 0.249 e. The predicted octanol–water partition coefficient (Wildman–Crippen LogP) is 2.12.